The lowest BCUT2D eigenvalue weighted by Crippen LogP contribution is -2.68. The smallest absolute Gasteiger partial charge is 0.332 e. The van der Waals surface area contributed by atoms with Crippen LogP contribution in [0.2, 0.25) is 0 Å². The van der Waals surface area contributed by atoms with Crippen LogP contribution in [-0.4, -0.2) is 216 Å². The van der Waals surface area contributed by atoms with Crippen molar-refractivity contribution in [3.8, 4) is 0 Å². The van der Waals surface area contributed by atoms with Crippen molar-refractivity contribution in [1.29, 1.82) is 0 Å². The third kappa shape index (κ3) is 10.3. The SMILES string of the molecule is CC1[C@H](O[C@@H]2C[C@@](OC=O)(O[C@@H]3C(O)[C@H](O[C@@H]4C(CO)O[C@@H](OC(C)(C)C)C(O)[C@H]4O)OC(CO)[C@@H]3O)OC([C@H](O)[C@H](O)CO)[C@@H]2C)OC(CO)[C@H](O)[C@@H]1O. The minimum atomic E-state index is -2.71. The van der Waals surface area contributed by atoms with E-state index in [-0.39, 0.29) is 6.47 Å². The Kier molecular flexibility index (Phi) is 16.1. The average Bonchev–Trinajstić information content (AvgIpc) is 3.14. The largest absolute Gasteiger partial charge is 0.410 e. The second-order valence-electron chi connectivity index (χ2n) is 15.4. The summed E-state index contributed by atoms with van der Waals surface area (Å²) in [5, 5.41) is 127. The predicted octanol–water partition coefficient (Wildman–Crippen LogP) is -6.12. The molecule has 21 atom stereocenters. The third-order valence-corrected chi connectivity index (χ3v) is 10.2. The normalized spacial score (nSPS) is 46.9. The molecule has 0 saturated carbocycles. The molecule has 0 aliphatic carbocycles. The quantitative estimate of drug-likeness (QED) is 0.0541. The van der Waals surface area contributed by atoms with Crippen LogP contribution in [-0.2, 0) is 47.4 Å². The summed E-state index contributed by atoms with van der Waals surface area (Å²) in [5.41, 5.74) is -0.849. The monoisotopic (exact) mass is 806 g/mol. The molecule has 0 bridgehead atoms. The number of hydrogen-bond acceptors (Lipinski definition) is 22. The molecule has 0 aromatic rings. The minimum absolute atomic E-state index is 0.130. The molecule has 0 aromatic carbocycles. The van der Waals surface area contributed by atoms with Gasteiger partial charge < -0.3 is 104 Å². The van der Waals surface area contributed by atoms with Crippen molar-refractivity contribution in [2.45, 2.75) is 163 Å². The summed E-state index contributed by atoms with van der Waals surface area (Å²) >= 11 is 0. The molecular weight excluding hydrogens is 748 g/mol. The van der Waals surface area contributed by atoms with E-state index in [1.54, 1.807) is 20.8 Å². The highest BCUT2D eigenvalue weighted by Gasteiger charge is 2.59. The molecule has 0 amide bonds. The molecule has 22 heteroatoms. The summed E-state index contributed by atoms with van der Waals surface area (Å²) in [5.74, 6) is -4.61. The van der Waals surface area contributed by atoms with Crippen LogP contribution in [0.3, 0.4) is 0 Å². The highest BCUT2D eigenvalue weighted by atomic mass is 16.9. The Bertz CT molecular complexity index is 1190. The first-order valence-corrected chi connectivity index (χ1v) is 18.1. The molecule has 322 valence electrons. The Morgan fingerprint density at radius 1 is 0.709 bits per heavy atom. The number of carbonyl (C=O) groups is 1. The Morgan fingerprint density at radius 2 is 1.29 bits per heavy atom. The van der Waals surface area contributed by atoms with Crippen LogP contribution in [0.25, 0.3) is 0 Å². The van der Waals surface area contributed by atoms with Crippen LogP contribution >= 0.6 is 0 Å². The molecule has 0 spiro atoms. The Balaban J connectivity index is 1.66. The van der Waals surface area contributed by atoms with Gasteiger partial charge in [-0.05, 0) is 20.8 Å². The summed E-state index contributed by atoms with van der Waals surface area (Å²) < 4.78 is 51.8. The Morgan fingerprint density at radius 3 is 1.85 bits per heavy atom. The Hall–Kier alpha value is -1.33. The molecule has 22 nitrogen and oxygen atoms in total. The number of aliphatic hydroxyl groups excluding tert-OH is 12. The van der Waals surface area contributed by atoms with Crippen LogP contribution in [0.15, 0.2) is 0 Å². The third-order valence-electron chi connectivity index (χ3n) is 10.2. The average molecular weight is 807 g/mol. The van der Waals surface area contributed by atoms with Crippen molar-refractivity contribution in [3.63, 3.8) is 0 Å². The second kappa shape index (κ2) is 19.2. The molecule has 55 heavy (non-hydrogen) atoms. The molecular formula is C33H58O22. The molecule has 0 aromatic heterocycles. The van der Waals surface area contributed by atoms with E-state index in [4.69, 9.17) is 42.6 Å². The van der Waals surface area contributed by atoms with Gasteiger partial charge in [-0.1, -0.05) is 13.8 Å². The van der Waals surface area contributed by atoms with E-state index < -0.39 is 167 Å². The molecule has 4 rings (SSSR count). The highest BCUT2D eigenvalue weighted by molar-refractivity contribution is 5.37. The maximum atomic E-state index is 12.0. The van der Waals surface area contributed by atoms with Crippen LogP contribution < -0.4 is 0 Å². The summed E-state index contributed by atoms with van der Waals surface area (Å²) in [6, 6.07) is 0. The van der Waals surface area contributed by atoms with Crippen molar-refractivity contribution in [1.82, 2.24) is 0 Å². The molecule has 4 fully saturated rings. The zero-order chi connectivity index (χ0) is 41.2. The van der Waals surface area contributed by atoms with Crippen LogP contribution in [0.1, 0.15) is 41.0 Å². The molecule has 12 N–H and O–H groups in total. The van der Waals surface area contributed by atoms with Crippen molar-refractivity contribution >= 4 is 6.47 Å². The van der Waals surface area contributed by atoms with E-state index in [1.165, 1.54) is 13.8 Å². The Labute approximate surface area is 316 Å². The van der Waals surface area contributed by atoms with Gasteiger partial charge in [-0.3, -0.25) is 4.79 Å². The molecule has 4 aliphatic rings. The lowest BCUT2D eigenvalue weighted by Gasteiger charge is -2.52. The van der Waals surface area contributed by atoms with E-state index in [1.807, 2.05) is 0 Å². The lowest BCUT2D eigenvalue weighted by molar-refractivity contribution is -0.454. The summed E-state index contributed by atoms with van der Waals surface area (Å²) in [4.78, 5) is 12.0. The summed E-state index contributed by atoms with van der Waals surface area (Å²) in [6.45, 7) is 4.46. The van der Waals surface area contributed by atoms with Gasteiger partial charge in [0.15, 0.2) is 18.9 Å². The molecule has 7 unspecified atom stereocenters. The zero-order valence-electron chi connectivity index (χ0n) is 31.1. The highest BCUT2D eigenvalue weighted by Crippen LogP contribution is 2.43. The van der Waals surface area contributed by atoms with Gasteiger partial charge in [-0.15, -0.1) is 0 Å². The van der Waals surface area contributed by atoms with E-state index >= 15 is 0 Å². The molecule has 4 saturated heterocycles. The van der Waals surface area contributed by atoms with Crippen LogP contribution in [0.4, 0.5) is 0 Å². The first-order chi connectivity index (χ1) is 25.8. The maximum Gasteiger partial charge on any atom is 0.332 e. The number of ether oxygens (including phenoxy) is 9. The molecule has 4 aliphatic heterocycles. The van der Waals surface area contributed by atoms with Gasteiger partial charge in [-0.2, -0.15) is 0 Å². The predicted molar refractivity (Wildman–Crippen MR) is 176 cm³/mol. The minimum Gasteiger partial charge on any atom is -0.410 e. The van der Waals surface area contributed by atoms with E-state index in [2.05, 4.69) is 0 Å². The molecule has 4 heterocycles. The molecule has 0 radical (unpaired) electrons. The van der Waals surface area contributed by atoms with Gasteiger partial charge >= 0.3 is 5.97 Å². The van der Waals surface area contributed by atoms with Gasteiger partial charge in [-0.25, -0.2) is 0 Å². The van der Waals surface area contributed by atoms with Gasteiger partial charge in [0.1, 0.15) is 73.2 Å². The second-order valence-corrected chi connectivity index (χ2v) is 15.4. The lowest BCUT2D eigenvalue weighted by atomic mass is 9.86. The summed E-state index contributed by atoms with van der Waals surface area (Å²) in [7, 11) is 0. The first kappa shape index (κ1) is 46.4. The number of rotatable bonds is 15. The van der Waals surface area contributed by atoms with E-state index in [9.17, 15) is 66.1 Å². The first-order valence-electron chi connectivity index (χ1n) is 18.1. The fourth-order valence-corrected chi connectivity index (χ4v) is 7.02. The van der Waals surface area contributed by atoms with Gasteiger partial charge in [0, 0.05) is 11.8 Å². The number of hydrogen-bond donors (Lipinski definition) is 12. The van der Waals surface area contributed by atoms with Gasteiger partial charge in [0.25, 0.3) is 6.47 Å². The fraction of sp³-hybridized carbons (Fsp3) is 0.970. The van der Waals surface area contributed by atoms with Crippen molar-refractivity contribution in [3.05, 3.63) is 0 Å². The number of aliphatic hydroxyl groups is 12. The van der Waals surface area contributed by atoms with Crippen LogP contribution in [0.5, 0.6) is 0 Å². The zero-order valence-corrected chi connectivity index (χ0v) is 31.1. The fourth-order valence-electron chi connectivity index (χ4n) is 7.02. The standard InChI is InChI=1S/C33H58O22/c1-12-15(48-29-13(2)19(40)21(42)16(8-35)49-29)6-33(47-11-38,53-26(12)20(41)14(39)7-34)54-28-22(43)17(9-36)50-30(25(28)46)52-27-18(10-37)51-31(24(45)23(27)44)55-32(3,4)5/h11-31,34-37,39-46H,6-10H2,1-5H3/t12-,13?,14-,15-,16?,17?,18?,19-,20-,21+,22+,23-,24?,25?,26?,27-,28+,29-,30+,31+,33+/m1/s1. The topological polar surface area (TPSA) is 343 Å². The van der Waals surface area contributed by atoms with Crippen molar-refractivity contribution in [2.24, 2.45) is 11.8 Å². The maximum absolute atomic E-state index is 12.0. The van der Waals surface area contributed by atoms with Crippen molar-refractivity contribution in [2.75, 3.05) is 26.4 Å². The van der Waals surface area contributed by atoms with Crippen LogP contribution in [0, 0.1) is 11.8 Å². The van der Waals surface area contributed by atoms with E-state index in [0.717, 1.165) is 0 Å². The number of carbonyl (C=O) groups excluding carboxylic acids is 1. The van der Waals surface area contributed by atoms with E-state index in [0.29, 0.717) is 0 Å². The van der Waals surface area contributed by atoms with Crippen molar-refractivity contribution < 1.29 is 109 Å². The van der Waals surface area contributed by atoms with Gasteiger partial charge in [0.05, 0.1) is 56.8 Å². The van der Waals surface area contributed by atoms with Gasteiger partial charge in [0.2, 0.25) is 0 Å². The summed E-state index contributed by atoms with van der Waals surface area (Å²) in [6.07, 6.45) is -30.3.